The van der Waals surface area contributed by atoms with E-state index in [-0.39, 0.29) is 24.5 Å². The predicted octanol–water partition coefficient (Wildman–Crippen LogP) is 1.46. The molecule has 20 heavy (non-hydrogen) atoms. The Morgan fingerprint density at radius 2 is 1.95 bits per heavy atom. The summed E-state index contributed by atoms with van der Waals surface area (Å²) in [5.74, 6) is 0.115. The number of amides is 2. The van der Waals surface area contributed by atoms with Gasteiger partial charge in [-0.1, -0.05) is 12.8 Å². The van der Waals surface area contributed by atoms with Gasteiger partial charge in [-0.05, 0) is 39.5 Å². The summed E-state index contributed by atoms with van der Waals surface area (Å²) in [6, 6.07) is 0. The average Bonchev–Trinajstić information content (AvgIpc) is 2.83. The normalized spacial score (nSPS) is 21.9. The molecule has 0 aromatic heterocycles. The van der Waals surface area contributed by atoms with Gasteiger partial charge in [-0.3, -0.25) is 9.59 Å². The maximum Gasteiger partial charge on any atom is 0.248 e. The zero-order valence-corrected chi connectivity index (χ0v) is 12.6. The highest BCUT2D eigenvalue weighted by Crippen LogP contribution is 2.33. The molecule has 2 fully saturated rings. The van der Waals surface area contributed by atoms with Gasteiger partial charge >= 0.3 is 0 Å². The quantitative estimate of drug-likeness (QED) is 0.750. The van der Waals surface area contributed by atoms with Crippen LogP contribution < -0.4 is 5.32 Å². The zero-order chi connectivity index (χ0) is 14.6. The number of hydrogen-bond donors (Lipinski definition) is 1. The summed E-state index contributed by atoms with van der Waals surface area (Å²) in [4.78, 5) is 26.1. The van der Waals surface area contributed by atoms with Crippen molar-refractivity contribution in [3.63, 3.8) is 0 Å². The van der Waals surface area contributed by atoms with E-state index >= 15 is 0 Å². The number of carbonyl (C=O) groups is 2. The van der Waals surface area contributed by atoms with E-state index in [4.69, 9.17) is 4.74 Å². The largest absolute Gasteiger partial charge is 0.379 e. The Hall–Kier alpha value is -1.10. The first-order valence-corrected chi connectivity index (χ1v) is 7.75. The molecule has 1 N–H and O–H groups in total. The molecule has 5 heteroatoms. The van der Waals surface area contributed by atoms with Crippen LogP contribution in [0.1, 0.15) is 52.4 Å². The highest BCUT2D eigenvalue weighted by Gasteiger charge is 2.47. The molecule has 1 spiro atoms. The standard InChI is InChI=1S/C15H26N2O3/c1-12(2)20-10-6-5-9-17-11-13(18)16-15(14(17)19)7-3-4-8-15/h12H,3-11H2,1-2H3,(H,16,18). The Balaban J connectivity index is 1.81. The van der Waals surface area contributed by atoms with Gasteiger partial charge < -0.3 is 15.0 Å². The molecule has 1 aliphatic heterocycles. The van der Waals surface area contributed by atoms with E-state index in [2.05, 4.69) is 5.32 Å². The lowest BCUT2D eigenvalue weighted by Gasteiger charge is -2.39. The van der Waals surface area contributed by atoms with Crippen LogP contribution in [0.3, 0.4) is 0 Å². The summed E-state index contributed by atoms with van der Waals surface area (Å²) in [6.07, 6.45) is 5.72. The molecular weight excluding hydrogens is 256 g/mol. The molecule has 0 atom stereocenters. The van der Waals surface area contributed by atoms with Crippen molar-refractivity contribution >= 4 is 11.8 Å². The third-order valence-electron chi connectivity index (χ3n) is 4.14. The Morgan fingerprint density at radius 3 is 2.60 bits per heavy atom. The molecule has 114 valence electrons. The topological polar surface area (TPSA) is 58.6 Å². The van der Waals surface area contributed by atoms with Gasteiger partial charge in [0, 0.05) is 13.2 Å². The van der Waals surface area contributed by atoms with Crippen LogP contribution in [0, 0.1) is 0 Å². The number of nitrogens with one attached hydrogen (secondary N) is 1. The van der Waals surface area contributed by atoms with Crippen molar-refractivity contribution in [2.24, 2.45) is 0 Å². The highest BCUT2D eigenvalue weighted by atomic mass is 16.5. The minimum atomic E-state index is -0.580. The average molecular weight is 282 g/mol. The Kier molecular flexibility index (Phi) is 5.02. The summed E-state index contributed by atoms with van der Waals surface area (Å²) < 4.78 is 5.49. The van der Waals surface area contributed by atoms with Gasteiger partial charge in [0.25, 0.3) is 0 Å². The van der Waals surface area contributed by atoms with Gasteiger partial charge in [0.15, 0.2) is 0 Å². The van der Waals surface area contributed by atoms with E-state index in [9.17, 15) is 9.59 Å². The summed E-state index contributed by atoms with van der Waals surface area (Å²) >= 11 is 0. The highest BCUT2D eigenvalue weighted by molar-refractivity contribution is 5.98. The van der Waals surface area contributed by atoms with Gasteiger partial charge in [-0.15, -0.1) is 0 Å². The first-order chi connectivity index (χ1) is 9.53. The molecule has 1 saturated heterocycles. The minimum absolute atomic E-state index is 0.00932. The molecule has 1 aliphatic carbocycles. The van der Waals surface area contributed by atoms with Crippen LogP contribution in [0.25, 0.3) is 0 Å². The smallest absolute Gasteiger partial charge is 0.248 e. The summed E-state index contributed by atoms with van der Waals surface area (Å²) in [5, 5.41) is 2.93. The second-order valence-electron chi connectivity index (χ2n) is 6.19. The summed E-state index contributed by atoms with van der Waals surface area (Å²) in [7, 11) is 0. The lowest BCUT2D eigenvalue weighted by Crippen LogP contribution is -2.65. The third-order valence-corrected chi connectivity index (χ3v) is 4.14. The van der Waals surface area contributed by atoms with Crippen LogP contribution in [-0.2, 0) is 14.3 Å². The van der Waals surface area contributed by atoms with Crippen LogP contribution >= 0.6 is 0 Å². The van der Waals surface area contributed by atoms with Crippen LogP contribution in [-0.4, -0.2) is 48.1 Å². The van der Waals surface area contributed by atoms with Crippen LogP contribution in [0.4, 0.5) is 0 Å². The third kappa shape index (κ3) is 3.51. The fourth-order valence-corrected chi connectivity index (χ4v) is 3.13. The molecule has 0 aromatic carbocycles. The summed E-state index contributed by atoms with van der Waals surface area (Å²) in [6.45, 7) is 5.63. The molecule has 0 unspecified atom stereocenters. The number of piperazine rings is 1. The molecule has 1 saturated carbocycles. The molecule has 0 radical (unpaired) electrons. The fraction of sp³-hybridized carbons (Fsp3) is 0.867. The summed E-state index contributed by atoms with van der Waals surface area (Å²) in [5.41, 5.74) is -0.580. The van der Waals surface area contributed by atoms with Crippen molar-refractivity contribution in [2.75, 3.05) is 19.7 Å². The lowest BCUT2D eigenvalue weighted by atomic mass is 9.93. The van der Waals surface area contributed by atoms with E-state index in [1.165, 1.54) is 0 Å². The lowest BCUT2D eigenvalue weighted by molar-refractivity contribution is -0.149. The number of hydrogen-bond acceptors (Lipinski definition) is 3. The van der Waals surface area contributed by atoms with E-state index < -0.39 is 5.54 Å². The van der Waals surface area contributed by atoms with Crippen molar-refractivity contribution < 1.29 is 14.3 Å². The van der Waals surface area contributed by atoms with Gasteiger partial charge in [-0.25, -0.2) is 0 Å². The Morgan fingerprint density at radius 1 is 1.25 bits per heavy atom. The minimum Gasteiger partial charge on any atom is -0.379 e. The van der Waals surface area contributed by atoms with Crippen molar-refractivity contribution in [3.05, 3.63) is 0 Å². The predicted molar refractivity (Wildman–Crippen MR) is 76.2 cm³/mol. The SMILES string of the molecule is CC(C)OCCCCN1CC(=O)NC2(CCCC2)C1=O. The van der Waals surface area contributed by atoms with Crippen molar-refractivity contribution in [1.29, 1.82) is 0 Å². The van der Waals surface area contributed by atoms with Crippen LogP contribution in [0.15, 0.2) is 0 Å². The van der Waals surface area contributed by atoms with Crippen LogP contribution in [0.5, 0.6) is 0 Å². The second-order valence-corrected chi connectivity index (χ2v) is 6.19. The molecule has 0 aromatic rings. The number of nitrogens with zero attached hydrogens (tertiary/aromatic N) is 1. The van der Waals surface area contributed by atoms with Gasteiger partial charge in [0.2, 0.25) is 11.8 Å². The molecular formula is C15H26N2O3. The first-order valence-electron chi connectivity index (χ1n) is 7.75. The van der Waals surface area contributed by atoms with Crippen molar-refractivity contribution in [1.82, 2.24) is 10.2 Å². The zero-order valence-electron chi connectivity index (χ0n) is 12.6. The van der Waals surface area contributed by atoms with E-state index in [0.29, 0.717) is 6.54 Å². The number of carbonyl (C=O) groups excluding carboxylic acids is 2. The van der Waals surface area contributed by atoms with E-state index in [0.717, 1.165) is 45.1 Å². The molecule has 2 aliphatic rings. The van der Waals surface area contributed by atoms with Crippen molar-refractivity contribution in [3.8, 4) is 0 Å². The maximum atomic E-state index is 12.5. The van der Waals surface area contributed by atoms with Gasteiger partial charge in [0.05, 0.1) is 12.6 Å². The Labute approximate surface area is 121 Å². The molecule has 2 amide bonds. The number of unbranched alkanes of at least 4 members (excludes halogenated alkanes) is 1. The fourth-order valence-electron chi connectivity index (χ4n) is 3.13. The molecule has 1 heterocycles. The Bertz CT molecular complexity index is 362. The van der Waals surface area contributed by atoms with Crippen LogP contribution in [0.2, 0.25) is 0 Å². The second kappa shape index (κ2) is 6.57. The van der Waals surface area contributed by atoms with Gasteiger partial charge in [0.1, 0.15) is 5.54 Å². The van der Waals surface area contributed by atoms with E-state index in [1.54, 1.807) is 4.90 Å². The monoisotopic (exact) mass is 282 g/mol. The molecule has 0 bridgehead atoms. The maximum absolute atomic E-state index is 12.5. The first kappa shape index (κ1) is 15.3. The van der Waals surface area contributed by atoms with Gasteiger partial charge in [-0.2, -0.15) is 0 Å². The number of rotatable bonds is 6. The molecule has 2 rings (SSSR count). The van der Waals surface area contributed by atoms with Crippen molar-refractivity contribution in [2.45, 2.75) is 64.0 Å². The molecule has 5 nitrogen and oxygen atoms in total. The number of ether oxygens (including phenoxy) is 1. The van der Waals surface area contributed by atoms with E-state index in [1.807, 2.05) is 13.8 Å².